The smallest absolute Gasteiger partial charge is 0.0639 e. The zero-order valence-electron chi connectivity index (χ0n) is 9.06. The molecule has 0 aliphatic rings. The third-order valence-electron chi connectivity index (χ3n) is 3.07. The Hall–Kier alpha value is 0.310. The molecule has 72 valence electrons. The van der Waals surface area contributed by atoms with Gasteiger partial charge in [0.15, 0.2) is 0 Å². The maximum atomic E-state index is 5.29. The summed E-state index contributed by atoms with van der Waals surface area (Å²) in [7, 11) is 0.204. The third kappa shape index (κ3) is 2.38. The lowest BCUT2D eigenvalue weighted by molar-refractivity contribution is 0.253. The van der Waals surface area contributed by atoms with Crippen molar-refractivity contribution >= 4 is 9.16 Å². The number of rotatable bonds is 2. The molecule has 0 aliphatic heterocycles. The number of thiol groups is 1. The van der Waals surface area contributed by atoms with Gasteiger partial charge in [0.05, 0.1) is 5.94 Å². The number of hydrogen-bond donors (Lipinski definition) is 1. The van der Waals surface area contributed by atoms with Gasteiger partial charge in [-0.25, -0.2) is 0 Å². The molecule has 0 N–H and O–H groups in total. The molecule has 0 fully saturated rings. The van der Waals surface area contributed by atoms with Crippen molar-refractivity contribution in [2.24, 2.45) is 0 Å². The van der Waals surface area contributed by atoms with Crippen molar-refractivity contribution in [1.29, 1.82) is 0 Å². The van der Waals surface area contributed by atoms with Crippen LogP contribution in [0.3, 0.4) is 0 Å². The van der Waals surface area contributed by atoms with E-state index in [4.69, 9.17) is 4.74 Å². The maximum absolute atomic E-state index is 5.29. The van der Waals surface area contributed by atoms with Gasteiger partial charge >= 0.3 is 0 Å². The molecule has 11 heavy (non-hydrogen) atoms. The highest BCUT2D eigenvalue weighted by Gasteiger charge is 2.38. The summed E-state index contributed by atoms with van der Waals surface area (Å²) in [6.45, 7) is 6.93. The molecule has 0 atom stereocenters. The molecule has 0 saturated heterocycles. The van der Waals surface area contributed by atoms with Crippen molar-refractivity contribution in [3.05, 3.63) is 0 Å². The van der Waals surface area contributed by atoms with Gasteiger partial charge in [-0.05, 0) is 23.5 Å². The Labute approximate surface area is 71.8 Å². The van der Waals surface area contributed by atoms with Gasteiger partial charge in [-0.3, -0.25) is 9.16 Å². The van der Waals surface area contributed by atoms with Crippen LogP contribution in [0.1, 0.15) is 20.8 Å². The highest BCUT2D eigenvalue weighted by Crippen LogP contribution is 2.68. The van der Waals surface area contributed by atoms with Crippen molar-refractivity contribution in [3.63, 3.8) is 0 Å². The molecule has 0 spiro atoms. The largest absolute Gasteiger partial charge is 0.377 e. The molecule has 2 heteroatoms. The van der Waals surface area contributed by atoms with E-state index in [2.05, 4.69) is 39.5 Å². The van der Waals surface area contributed by atoms with Crippen molar-refractivity contribution in [2.45, 2.75) is 25.5 Å². The highest BCUT2D eigenvalue weighted by molar-refractivity contribution is 8.48. The van der Waals surface area contributed by atoms with Gasteiger partial charge in [0.25, 0.3) is 0 Å². The van der Waals surface area contributed by atoms with E-state index in [0.717, 1.165) is 5.94 Å². The second-order valence-electron chi connectivity index (χ2n) is 5.71. The molecule has 0 aromatic carbocycles. The Morgan fingerprint density at radius 3 is 1.55 bits per heavy atom. The lowest BCUT2D eigenvalue weighted by atomic mass is 10.3. The van der Waals surface area contributed by atoms with Gasteiger partial charge in [0.2, 0.25) is 0 Å². The van der Waals surface area contributed by atoms with Gasteiger partial charge in [-0.15, -0.1) is 0 Å². The standard InChI is InChI=1S/C9H24OS/c1-9(2,3)11(5,6,7)8-10-4/h11H,8H2,1-7H3. The first-order valence-electron chi connectivity index (χ1n) is 4.08. The van der Waals surface area contributed by atoms with Crippen LogP contribution in [0, 0.1) is 0 Å². The Kier molecular flexibility index (Phi) is 2.74. The summed E-state index contributed by atoms with van der Waals surface area (Å²) in [5.74, 6) is 0.926. The Morgan fingerprint density at radius 1 is 1.09 bits per heavy atom. The summed E-state index contributed by atoms with van der Waals surface area (Å²) in [5, 5.41) is 0. The maximum Gasteiger partial charge on any atom is 0.0639 e. The van der Waals surface area contributed by atoms with E-state index in [9.17, 15) is 0 Å². The molecular weight excluding hydrogens is 156 g/mol. The SMILES string of the molecule is COC[SH](C)(C)(C)C(C)(C)C. The first-order valence-corrected chi connectivity index (χ1v) is 7.84. The first-order chi connectivity index (χ1) is 4.59. The summed E-state index contributed by atoms with van der Waals surface area (Å²) in [5.41, 5.74) is 0. The van der Waals surface area contributed by atoms with Crippen LogP contribution in [0.15, 0.2) is 0 Å². The molecule has 0 heterocycles. The molecule has 0 unspecified atom stereocenters. The normalized spacial score (nSPS) is 17.5. The number of hydrogen-bond acceptors (Lipinski definition) is 1. The summed E-state index contributed by atoms with van der Waals surface area (Å²) < 4.78 is 5.68. The van der Waals surface area contributed by atoms with Crippen LogP contribution in [0.4, 0.5) is 0 Å². The van der Waals surface area contributed by atoms with Crippen LogP contribution in [-0.2, 0) is 4.74 Å². The summed E-state index contributed by atoms with van der Waals surface area (Å²) >= 11 is 0. The van der Waals surface area contributed by atoms with Crippen LogP contribution >= 0.6 is 9.16 Å². The Balaban J connectivity index is 4.64. The lowest BCUT2D eigenvalue weighted by Gasteiger charge is -2.61. The minimum absolute atomic E-state index is 0.390. The van der Waals surface area contributed by atoms with Crippen LogP contribution in [0.2, 0.25) is 0 Å². The molecule has 0 radical (unpaired) electrons. The fourth-order valence-corrected chi connectivity index (χ4v) is 1.94. The molecule has 1 nitrogen and oxygen atoms in total. The monoisotopic (exact) mass is 180 g/mol. The van der Waals surface area contributed by atoms with E-state index in [-0.39, 0.29) is 0 Å². The van der Waals surface area contributed by atoms with Crippen molar-refractivity contribution in [1.82, 2.24) is 0 Å². The Bertz CT molecular complexity index is 136. The number of ether oxygens (including phenoxy) is 1. The molecule has 0 amide bonds. The van der Waals surface area contributed by atoms with E-state index in [1.165, 1.54) is 0 Å². The van der Waals surface area contributed by atoms with Gasteiger partial charge in [-0.2, -0.15) is 0 Å². The predicted molar refractivity (Wildman–Crippen MR) is 58.4 cm³/mol. The second-order valence-corrected chi connectivity index (χ2v) is 13.5. The van der Waals surface area contributed by atoms with Crippen LogP contribution < -0.4 is 0 Å². The zero-order valence-corrected chi connectivity index (χ0v) is 9.96. The van der Waals surface area contributed by atoms with Crippen LogP contribution in [0.5, 0.6) is 0 Å². The number of methoxy groups -OCH3 is 1. The first kappa shape index (κ1) is 11.3. The van der Waals surface area contributed by atoms with E-state index in [0.29, 0.717) is 4.75 Å². The van der Waals surface area contributed by atoms with Crippen LogP contribution in [-0.4, -0.2) is 36.6 Å². The summed E-state index contributed by atoms with van der Waals surface area (Å²) in [6.07, 6.45) is 7.15. The molecule has 0 aromatic heterocycles. The van der Waals surface area contributed by atoms with Gasteiger partial charge in [0.1, 0.15) is 0 Å². The molecule has 0 bridgehead atoms. The molecule has 0 aromatic rings. The summed E-state index contributed by atoms with van der Waals surface area (Å²) in [4.78, 5) is 0. The van der Waals surface area contributed by atoms with E-state index in [1.54, 1.807) is 7.11 Å². The molecule has 0 rings (SSSR count). The molecule has 0 saturated carbocycles. The van der Waals surface area contributed by atoms with Crippen molar-refractivity contribution in [3.8, 4) is 0 Å². The van der Waals surface area contributed by atoms with Gasteiger partial charge in [0, 0.05) is 7.11 Å². The highest BCUT2D eigenvalue weighted by atomic mass is 32.3. The molecular formula is C9H24OS. The minimum Gasteiger partial charge on any atom is -0.377 e. The average Bonchev–Trinajstić information content (AvgIpc) is 1.58. The predicted octanol–water partition coefficient (Wildman–Crippen LogP) is 2.35. The topological polar surface area (TPSA) is 9.23 Å². The average molecular weight is 180 g/mol. The van der Waals surface area contributed by atoms with E-state index < -0.39 is 9.16 Å². The van der Waals surface area contributed by atoms with E-state index >= 15 is 0 Å². The third-order valence-corrected chi connectivity index (χ3v) is 9.20. The fourth-order valence-electron chi connectivity index (χ4n) is 0.645. The quantitative estimate of drug-likeness (QED) is 0.642. The van der Waals surface area contributed by atoms with Gasteiger partial charge < -0.3 is 4.74 Å². The van der Waals surface area contributed by atoms with Crippen molar-refractivity contribution < 1.29 is 4.74 Å². The fraction of sp³-hybridized carbons (Fsp3) is 1.00. The Morgan fingerprint density at radius 2 is 1.45 bits per heavy atom. The second kappa shape index (κ2) is 2.67. The lowest BCUT2D eigenvalue weighted by Crippen LogP contribution is -2.37. The van der Waals surface area contributed by atoms with Crippen molar-refractivity contribution in [2.75, 3.05) is 31.8 Å². The minimum atomic E-state index is -1.59. The van der Waals surface area contributed by atoms with Crippen LogP contribution in [0.25, 0.3) is 0 Å². The van der Waals surface area contributed by atoms with Gasteiger partial charge in [-0.1, -0.05) is 20.8 Å². The summed E-state index contributed by atoms with van der Waals surface area (Å²) in [6, 6.07) is 0. The van der Waals surface area contributed by atoms with E-state index in [1.807, 2.05) is 0 Å². The molecule has 0 aliphatic carbocycles. The zero-order chi connectivity index (χ0) is 9.36.